The van der Waals surface area contributed by atoms with Crippen LogP contribution in [0.2, 0.25) is 0 Å². The van der Waals surface area contributed by atoms with E-state index in [2.05, 4.69) is 24.5 Å². The summed E-state index contributed by atoms with van der Waals surface area (Å²) >= 11 is 0. The van der Waals surface area contributed by atoms with Crippen molar-refractivity contribution in [3.05, 3.63) is 70.4 Å². The molecule has 0 radical (unpaired) electrons. The Morgan fingerprint density at radius 2 is 1.97 bits per heavy atom. The molecule has 30 heavy (non-hydrogen) atoms. The van der Waals surface area contributed by atoms with Gasteiger partial charge in [0, 0.05) is 29.6 Å². The Kier molecular flexibility index (Phi) is 5.17. The van der Waals surface area contributed by atoms with E-state index in [1.807, 2.05) is 30.3 Å². The molecule has 0 saturated heterocycles. The minimum atomic E-state index is -0.447. The average molecular weight is 400 g/mol. The maximum Gasteiger partial charge on any atom is 0.338 e. The summed E-state index contributed by atoms with van der Waals surface area (Å²) in [7, 11) is 1.35. The van der Waals surface area contributed by atoms with Crippen molar-refractivity contribution in [1.29, 1.82) is 5.26 Å². The summed E-state index contributed by atoms with van der Waals surface area (Å²) in [6.07, 6.45) is 1.25. The fourth-order valence-electron chi connectivity index (χ4n) is 4.50. The highest BCUT2D eigenvalue weighted by Crippen LogP contribution is 2.39. The molecule has 0 spiro atoms. The van der Waals surface area contributed by atoms with Gasteiger partial charge in [0.15, 0.2) is 5.78 Å². The lowest BCUT2D eigenvalue weighted by Crippen LogP contribution is -2.25. The second-order valence-electron chi connectivity index (χ2n) is 8.20. The van der Waals surface area contributed by atoms with Crippen molar-refractivity contribution in [2.24, 2.45) is 11.8 Å². The van der Waals surface area contributed by atoms with Crippen LogP contribution in [0.1, 0.15) is 57.8 Å². The topological polar surface area (TPSA) is 72.1 Å². The predicted molar refractivity (Wildman–Crippen MR) is 115 cm³/mol. The lowest BCUT2D eigenvalue weighted by molar-refractivity contribution is 0.0603. The summed E-state index contributed by atoms with van der Waals surface area (Å²) in [6.45, 7) is 4.75. The number of ketones is 1. The van der Waals surface area contributed by atoms with Gasteiger partial charge in [-0.3, -0.25) is 4.79 Å². The Labute approximate surface area is 175 Å². The molecule has 5 nitrogen and oxygen atoms in total. The highest BCUT2D eigenvalue weighted by molar-refractivity contribution is 6.16. The summed E-state index contributed by atoms with van der Waals surface area (Å²) in [5.41, 5.74) is 4.33. The zero-order chi connectivity index (χ0) is 21.4. The van der Waals surface area contributed by atoms with E-state index in [0.717, 1.165) is 23.2 Å². The molecule has 4 rings (SSSR count). The fraction of sp³-hybridized carbons (Fsp3) is 0.320. The predicted octanol–water partition coefficient (Wildman–Crippen LogP) is 4.75. The van der Waals surface area contributed by atoms with Crippen LogP contribution in [0.15, 0.2) is 42.5 Å². The Morgan fingerprint density at radius 1 is 1.20 bits per heavy atom. The largest absolute Gasteiger partial charge is 0.465 e. The van der Waals surface area contributed by atoms with Crippen molar-refractivity contribution in [3.8, 4) is 6.07 Å². The van der Waals surface area contributed by atoms with Crippen LogP contribution in [0.25, 0.3) is 10.9 Å². The quantitative estimate of drug-likeness (QED) is 0.593. The van der Waals surface area contributed by atoms with Gasteiger partial charge in [0.05, 0.1) is 29.8 Å². The van der Waals surface area contributed by atoms with Crippen molar-refractivity contribution in [1.82, 2.24) is 4.57 Å². The molecule has 0 N–H and O–H groups in total. The third kappa shape index (κ3) is 3.19. The first kappa shape index (κ1) is 19.9. The van der Waals surface area contributed by atoms with Crippen molar-refractivity contribution >= 4 is 22.7 Å². The third-order valence-electron chi connectivity index (χ3n) is 6.19. The van der Waals surface area contributed by atoms with Crippen LogP contribution in [0.5, 0.6) is 0 Å². The van der Waals surface area contributed by atoms with Gasteiger partial charge in [-0.2, -0.15) is 5.26 Å². The molecule has 5 heteroatoms. The van der Waals surface area contributed by atoms with Gasteiger partial charge >= 0.3 is 5.97 Å². The number of ether oxygens (including phenoxy) is 1. The Hall–Kier alpha value is -3.39. The molecule has 1 aromatic heterocycles. The molecule has 1 heterocycles. The maximum atomic E-state index is 13.2. The number of Topliss-reactive ketones (excluding diaryl/α,β-unsaturated/α-hetero) is 1. The number of hydrogen-bond donors (Lipinski definition) is 0. The molecule has 0 amide bonds. The Morgan fingerprint density at radius 3 is 2.67 bits per heavy atom. The van der Waals surface area contributed by atoms with Crippen LogP contribution in [0, 0.1) is 23.2 Å². The van der Waals surface area contributed by atoms with Gasteiger partial charge in [-0.15, -0.1) is 0 Å². The van der Waals surface area contributed by atoms with Crippen LogP contribution in [0.4, 0.5) is 0 Å². The third-order valence-corrected chi connectivity index (χ3v) is 6.19. The fourth-order valence-corrected chi connectivity index (χ4v) is 4.50. The maximum absolute atomic E-state index is 13.2. The highest BCUT2D eigenvalue weighted by Gasteiger charge is 2.34. The molecule has 1 unspecified atom stereocenters. The van der Waals surface area contributed by atoms with Gasteiger partial charge in [-0.05, 0) is 42.0 Å². The minimum absolute atomic E-state index is 0.0728. The number of hydrogen-bond acceptors (Lipinski definition) is 4. The van der Waals surface area contributed by atoms with E-state index in [-0.39, 0.29) is 11.7 Å². The summed E-state index contributed by atoms with van der Waals surface area (Å²) in [5.74, 6) is 0.251. The number of methoxy groups -OCH3 is 1. The molecule has 0 bridgehead atoms. The van der Waals surface area contributed by atoms with E-state index < -0.39 is 5.97 Å². The van der Waals surface area contributed by atoms with E-state index in [1.54, 1.807) is 12.1 Å². The summed E-state index contributed by atoms with van der Waals surface area (Å²) in [4.78, 5) is 25.7. The zero-order valence-electron chi connectivity index (χ0n) is 17.4. The second kappa shape index (κ2) is 7.79. The van der Waals surface area contributed by atoms with Crippen LogP contribution < -0.4 is 0 Å². The first-order valence-corrected chi connectivity index (χ1v) is 10.2. The molecule has 152 valence electrons. The van der Waals surface area contributed by atoms with E-state index in [0.29, 0.717) is 41.0 Å². The molecule has 1 aliphatic carbocycles. The summed E-state index contributed by atoms with van der Waals surface area (Å²) in [5, 5.41) is 10.2. The number of rotatable bonds is 4. The van der Waals surface area contributed by atoms with Crippen LogP contribution in [-0.4, -0.2) is 23.4 Å². The molecule has 1 aliphatic rings. The van der Waals surface area contributed by atoms with Crippen molar-refractivity contribution in [3.63, 3.8) is 0 Å². The number of nitriles is 1. The molecule has 2 aromatic carbocycles. The first-order valence-electron chi connectivity index (χ1n) is 10.2. The Bertz CT molecular complexity index is 1200. The van der Waals surface area contributed by atoms with Crippen molar-refractivity contribution in [2.45, 2.75) is 33.2 Å². The monoisotopic (exact) mass is 400 g/mol. The molecule has 0 fully saturated rings. The second-order valence-corrected chi connectivity index (χ2v) is 8.20. The zero-order valence-corrected chi connectivity index (χ0v) is 17.4. The smallest absolute Gasteiger partial charge is 0.338 e. The van der Waals surface area contributed by atoms with Gasteiger partial charge in [0.2, 0.25) is 0 Å². The number of carbonyl (C=O) groups excluding carboxylic acids is 2. The lowest BCUT2D eigenvalue weighted by Gasteiger charge is -2.26. The van der Waals surface area contributed by atoms with Gasteiger partial charge in [-0.25, -0.2) is 4.79 Å². The summed E-state index contributed by atoms with van der Waals surface area (Å²) in [6, 6.07) is 15.2. The van der Waals surface area contributed by atoms with Crippen molar-refractivity contribution in [2.75, 3.05) is 7.11 Å². The van der Waals surface area contributed by atoms with Crippen LogP contribution in [-0.2, 0) is 17.7 Å². The minimum Gasteiger partial charge on any atom is -0.465 e. The van der Waals surface area contributed by atoms with Gasteiger partial charge in [0.25, 0.3) is 0 Å². The molecule has 1 atom stereocenters. The normalized spacial score (nSPS) is 15.8. The van der Waals surface area contributed by atoms with E-state index in [9.17, 15) is 14.9 Å². The number of fused-ring (bicyclic) bond motifs is 3. The SMILES string of the molecule is COC(=O)c1cccc2c1c1c(n2Cc2ccccc2C#N)CC(C(C)C)CC1=O. The van der Waals surface area contributed by atoms with Crippen molar-refractivity contribution < 1.29 is 14.3 Å². The summed E-state index contributed by atoms with van der Waals surface area (Å²) < 4.78 is 7.10. The highest BCUT2D eigenvalue weighted by atomic mass is 16.5. The number of esters is 1. The number of benzene rings is 2. The van der Waals surface area contributed by atoms with Gasteiger partial charge < -0.3 is 9.30 Å². The van der Waals surface area contributed by atoms with Gasteiger partial charge in [0.1, 0.15) is 0 Å². The molecular formula is C25H24N2O3. The lowest BCUT2D eigenvalue weighted by atomic mass is 9.79. The van der Waals surface area contributed by atoms with Gasteiger partial charge in [-0.1, -0.05) is 38.1 Å². The van der Waals surface area contributed by atoms with Crippen LogP contribution in [0.3, 0.4) is 0 Å². The number of nitrogens with zero attached hydrogens (tertiary/aromatic N) is 2. The molecular weight excluding hydrogens is 376 g/mol. The molecule has 0 aliphatic heterocycles. The molecule has 3 aromatic rings. The number of aromatic nitrogens is 1. The van der Waals surface area contributed by atoms with E-state index in [4.69, 9.17) is 4.74 Å². The van der Waals surface area contributed by atoms with E-state index in [1.165, 1.54) is 7.11 Å². The number of carbonyl (C=O) groups is 2. The standard InChI is InChI=1S/C25H24N2O3/c1-15(2)18-11-21-24(22(28)12-18)23-19(25(29)30-3)9-6-10-20(23)27(21)14-17-8-5-4-7-16(17)13-26/h4-10,15,18H,11-12,14H2,1-3H3. The van der Waals surface area contributed by atoms with E-state index >= 15 is 0 Å². The Balaban J connectivity index is 2.00. The van der Waals surface area contributed by atoms with Crippen LogP contribution >= 0.6 is 0 Å². The molecule has 0 saturated carbocycles. The average Bonchev–Trinajstić information content (AvgIpc) is 3.07. The first-order chi connectivity index (χ1) is 14.5.